The van der Waals surface area contributed by atoms with E-state index in [1.54, 1.807) is 24.3 Å². The summed E-state index contributed by atoms with van der Waals surface area (Å²) in [6, 6.07) is 18.4. The van der Waals surface area contributed by atoms with Crippen molar-refractivity contribution in [1.82, 2.24) is 14.9 Å². The molecule has 1 saturated heterocycles. The van der Waals surface area contributed by atoms with Crippen LogP contribution in [0.15, 0.2) is 84.8 Å². The Morgan fingerprint density at radius 2 is 1.78 bits per heavy atom. The summed E-state index contributed by atoms with van der Waals surface area (Å²) in [6.45, 7) is 7.43. The second-order valence-corrected chi connectivity index (χ2v) is 12.4. The Labute approximate surface area is 292 Å². The monoisotopic (exact) mass is 696 g/mol. The van der Waals surface area contributed by atoms with Gasteiger partial charge in [0.2, 0.25) is 17.7 Å². The van der Waals surface area contributed by atoms with E-state index in [4.69, 9.17) is 24.2 Å². The van der Waals surface area contributed by atoms with Crippen LogP contribution in [0.1, 0.15) is 16.8 Å². The summed E-state index contributed by atoms with van der Waals surface area (Å²) >= 11 is 1.45. The Kier molecular flexibility index (Phi) is 10.6. The zero-order chi connectivity index (χ0) is 35.0. The average molecular weight is 697 g/mol. The Balaban J connectivity index is 1.19. The van der Waals surface area contributed by atoms with Gasteiger partial charge in [0.1, 0.15) is 27.7 Å². The summed E-state index contributed by atoms with van der Waals surface area (Å²) < 4.78 is 18.5. The second kappa shape index (κ2) is 15.6. The third-order valence-corrected chi connectivity index (χ3v) is 8.66. The number of likely N-dealkylation sites (N-methyl/N-ethyl adjacent to an activating group) is 1. The largest absolute Gasteiger partial charge is 0.508 e. The first-order chi connectivity index (χ1) is 24.2. The Bertz CT molecular complexity index is 1990. The van der Waals surface area contributed by atoms with E-state index in [-0.39, 0.29) is 36.2 Å². The summed E-state index contributed by atoms with van der Waals surface area (Å²) in [6.07, 6.45) is 1.58. The molecule has 0 bridgehead atoms. The molecule has 0 radical (unpaired) electrons. The summed E-state index contributed by atoms with van der Waals surface area (Å²) in [5.74, 6) is 0.225. The highest BCUT2D eigenvalue weighted by Gasteiger charge is 2.18. The Morgan fingerprint density at radius 3 is 2.56 bits per heavy atom. The van der Waals surface area contributed by atoms with Crippen molar-refractivity contribution in [2.75, 3.05) is 62.0 Å². The van der Waals surface area contributed by atoms with E-state index < -0.39 is 5.97 Å². The minimum atomic E-state index is -0.664. The van der Waals surface area contributed by atoms with Crippen LogP contribution in [-0.2, 0) is 9.53 Å². The van der Waals surface area contributed by atoms with E-state index >= 15 is 0 Å². The molecule has 13 nitrogen and oxygen atoms in total. The predicted molar refractivity (Wildman–Crippen MR) is 192 cm³/mol. The maximum Gasteiger partial charge on any atom is 0.338 e. The topological polar surface area (TPSA) is 159 Å². The molecule has 0 atom stereocenters. The van der Waals surface area contributed by atoms with Gasteiger partial charge in [-0.15, -0.1) is 11.3 Å². The number of hydrogen-bond acceptors (Lipinski definition) is 13. The summed E-state index contributed by atoms with van der Waals surface area (Å²) in [7, 11) is 2.11. The highest BCUT2D eigenvalue weighted by Crippen LogP contribution is 2.36. The lowest BCUT2D eigenvalue weighted by molar-refractivity contribution is -0.111. The van der Waals surface area contributed by atoms with Gasteiger partial charge < -0.3 is 44.9 Å². The molecule has 0 saturated carbocycles. The third kappa shape index (κ3) is 8.59. The van der Waals surface area contributed by atoms with Gasteiger partial charge in [0.05, 0.1) is 30.0 Å². The number of carbonyl (C=O) groups excluding carboxylic acids is 2. The Hall–Kier alpha value is -5.86. The van der Waals surface area contributed by atoms with Crippen LogP contribution in [-0.4, -0.2) is 83.4 Å². The van der Waals surface area contributed by atoms with E-state index in [1.165, 1.54) is 29.5 Å². The number of amides is 1. The van der Waals surface area contributed by atoms with Gasteiger partial charge in [-0.2, -0.15) is 4.98 Å². The van der Waals surface area contributed by atoms with Crippen LogP contribution in [0.2, 0.25) is 0 Å². The molecule has 1 aliphatic heterocycles. The highest BCUT2D eigenvalue weighted by atomic mass is 32.1. The normalized spacial score (nSPS) is 13.1. The zero-order valence-corrected chi connectivity index (χ0v) is 28.1. The van der Waals surface area contributed by atoms with Crippen molar-refractivity contribution in [2.45, 2.75) is 6.42 Å². The number of aromatic nitrogens is 2. The van der Waals surface area contributed by atoms with Crippen molar-refractivity contribution in [1.29, 1.82) is 0 Å². The van der Waals surface area contributed by atoms with Crippen LogP contribution >= 0.6 is 11.3 Å². The number of carbonyl (C=O) groups is 2. The van der Waals surface area contributed by atoms with E-state index in [1.807, 2.05) is 29.6 Å². The van der Waals surface area contributed by atoms with Crippen LogP contribution in [0.4, 0.5) is 23.0 Å². The number of nitrogens with zero attached hydrogens (tertiary/aromatic N) is 4. The molecule has 0 aliphatic carbocycles. The van der Waals surface area contributed by atoms with Crippen LogP contribution in [0.3, 0.4) is 0 Å². The van der Waals surface area contributed by atoms with Gasteiger partial charge in [0, 0.05) is 62.2 Å². The lowest BCUT2D eigenvalue weighted by Crippen LogP contribution is -2.44. The van der Waals surface area contributed by atoms with Crippen molar-refractivity contribution in [3.63, 3.8) is 0 Å². The number of phenolic OH excluding ortho intramolecular Hbond substituents is 2. The number of anilines is 4. The third-order valence-electron chi connectivity index (χ3n) is 7.77. The van der Waals surface area contributed by atoms with Gasteiger partial charge in [0.15, 0.2) is 0 Å². The average Bonchev–Trinajstić information content (AvgIpc) is 3.58. The first kappa shape index (κ1) is 34.0. The van der Waals surface area contributed by atoms with Crippen molar-refractivity contribution in [2.24, 2.45) is 0 Å². The molecule has 4 N–H and O–H groups in total. The highest BCUT2D eigenvalue weighted by molar-refractivity contribution is 7.17. The van der Waals surface area contributed by atoms with E-state index in [0.29, 0.717) is 46.6 Å². The number of piperazine rings is 1. The molecule has 2 aromatic heterocycles. The molecule has 0 unspecified atom stereocenters. The molecule has 50 heavy (non-hydrogen) atoms. The van der Waals surface area contributed by atoms with Crippen LogP contribution in [0, 0.1) is 0 Å². The van der Waals surface area contributed by atoms with Gasteiger partial charge in [0.25, 0.3) is 0 Å². The number of thiophene rings is 1. The summed E-state index contributed by atoms with van der Waals surface area (Å²) in [5, 5.41) is 27.3. The molecule has 3 aromatic carbocycles. The summed E-state index contributed by atoms with van der Waals surface area (Å²) in [4.78, 5) is 38.2. The number of ether oxygens (including phenoxy) is 3. The number of rotatable bonds is 13. The first-order valence-electron chi connectivity index (χ1n) is 15.9. The van der Waals surface area contributed by atoms with Crippen LogP contribution < -0.4 is 25.0 Å². The maximum atomic E-state index is 12.4. The van der Waals surface area contributed by atoms with Gasteiger partial charge in [-0.05, 0) is 61.0 Å². The number of nitrogens with one attached hydrogen (secondary N) is 2. The van der Waals surface area contributed by atoms with Crippen molar-refractivity contribution >= 4 is 56.4 Å². The molecule has 3 heterocycles. The number of benzene rings is 3. The zero-order valence-electron chi connectivity index (χ0n) is 27.3. The van der Waals surface area contributed by atoms with Gasteiger partial charge in [-0.25, -0.2) is 9.78 Å². The molecule has 0 spiro atoms. The number of aromatic hydroxyl groups is 2. The van der Waals surface area contributed by atoms with E-state index in [9.17, 15) is 19.8 Å². The fourth-order valence-corrected chi connectivity index (χ4v) is 5.98. The molecule has 6 rings (SSSR count). The smallest absolute Gasteiger partial charge is 0.338 e. The molecule has 5 aromatic rings. The minimum Gasteiger partial charge on any atom is -0.508 e. The lowest BCUT2D eigenvalue weighted by atomic mass is 10.2. The van der Waals surface area contributed by atoms with Gasteiger partial charge >= 0.3 is 5.97 Å². The maximum absolute atomic E-state index is 12.4. The standard InChI is InChI=1S/C36H36N6O7S/c1-3-32(45)37-24-6-4-7-28(20-24)49-34-33-30(10-17-50-33)39-36(40-34)38-29-9-8-25(42-13-11-41(2)12-14-42)21-31(29)47-15-5-16-48-35(46)23-18-26(43)22-27(44)19-23/h3-4,6-10,17-22,43-44H,1,5,11-16H2,2H3,(H,37,45)(H,38,39,40). The van der Waals surface area contributed by atoms with E-state index in [2.05, 4.69) is 34.1 Å². The van der Waals surface area contributed by atoms with Crippen molar-refractivity contribution in [3.8, 4) is 28.9 Å². The number of esters is 1. The first-order valence-corrected chi connectivity index (χ1v) is 16.8. The number of hydrogen-bond donors (Lipinski definition) is 4. The van der Waals surface area contributed by atoms with Crippen LogP contribution in [0.5, 0.6) is 28.9 Å². The molecule has 1 aliphatic rings. The molecule has 1 amide bonds. The Morgan fingerprint density at radius 1 is 0.980 bits per heavy atom. The van der Waals surface area contributed by atoms with Crippen molar-refractivity contribution < 1.29 is 34.0 Å². The number of fused-ring (bicyclic) bond motifs is 1. The summed E-state index contributed by atoms with van der Waals surface area (Å²) in [5.41, 5.74) is 2.93. The fraction of sp³-hybridized carbons (Fsp3) is 0.222. The molecular weight excluding hydrogens is 660 g/mol. The fourth-order valence-electron chi connectivity index (χ4n) is 5.22. The van der Waals surface area contributed by atoms with E-state index in [0.717, 1.165) is 42.6 Å². The number of phenols is 2. The lowest BCUT2D eigenvalue weighted by Gasteiger charge is -2.34. The molecule has 1 fully saturated rings. The SMILES string of the molecule is C=CC(=O)Nc1cccc(Oc2nc(Nc3ccc(N4CCN(C)CC4)cc3OCCCOC(=O)c3cc(O)cc(O)c3)nc3ccsc23)c1. The van der Waals surface area contributed by atoms with Gasteiger partial charge in [-0.1, -0.05) is 12.6 Å². The van der Waals surface area contributed by atoms with Crippen molar-refractivity contribution in [3.05, 3.63) is 90.3 Å². The van der Waals surface area contributed by atoms with Crippen LogP contribution in [0.25, 0.3) is 10.2 Å². The molecule has 14 heteroatoms. The minimum absolute atomic E-state index is 0.0490. The second-order valence-electron chi connectivity index (χ2n) is 11.5. The quantitative estimate of drug-likeness (QED) is 0.0634. The molecule has 258 valence electrons. The van der Waals surface area contributed by atoms with Gasteiger partial charge in [-0.3, -0.25) is 4.79 Å². The predicted octanol–water partition coefficient (Wildman–Crippen LogP) is 6.14. The molecular formula is C36H36N6O7S.